The zero-order valence-corrected chi connectivity index (χ0v) is 12.8. The molecule has 0 fully saturated rings. The summed E-state index contributed by atoms with van der Waals surface area (Å²) in [7, 11) is -0.477. The molecule has 19 heavy (non-hydrogen) atoms. The Morgan fingerprint density at radius 3 is 1.95 bits per heavy atom. The van der Waals surface area contributed by atoms with E-state index in [2.05, 4.69) is 66.0 Å². The van der Waals surface area contributed by atoms with Crippen LogP contribution in [0.15, 0.2) is 66.0 Å². The maximum Gasteiger partial charge on any atom is 0.262 e. The van der Waals surface area contributed by atoms with Gasteiger partial charge in [0.15, 0.2) is 18.2 Å². The summed E-state index contributed by atoms with van der Waals surface area (Å²) in [6.45, 7) is 0.383. The standard InChI is InChI=1S/C16H14PS2/c1-13-12-18-16(19-13)17(14-8-4-2-5-9-14)15-10-6-3-7-11-15/h2-12H,1H3/q+1/i1D. The highest BCUT2D eigenvalue weighted by atomic mass is 32.2. The molecule has 2 aromatic carbocycles. The number of hydrogen-bond donors (Lipinski definition) is 0. The van der Waals surface area contributed by atoms with Crippen LogP contribution in [-0.2, 0) is 0 Å². The minimum Gasteiger partial charge on any atom is -0.0875 e. The second-order valence-corrected chi connectivity index (χ2v) is 9.11. The highest BCUT2D eigenvalue weighted by Gasteiger charge is 2.20. The molecule has 0 bridgehead atoms. The van der Waals surface area contributed by atoms with Gasteiger partial charge in [-0.15, -0.1) is 0 Å². The topological polar surface area (TPSA) is 0 Å². The molecule has 0 unspecified atom stereocenters. The molecule has 1 aromatic heterocycles. The third-order valence-corrected chi connectivity index (χ3v) is 8.25. The van der Waals surface area contributed by atoms with Crippen molar-refractivity contribution in [3.8, 4) is 0 Å². The SMILES string of the molecule is [2H]Cc1csc(=[P+](c2ccccc2)c2ccccc2)s1. The maximum atomic E-state index is 7.53. The Morgan fingerprint density at radius 1 is 0.895 bits per heavy atom. The van der Waals surface area contributed by atoms with Crippen molar-refractivity contribution in [3.63, 3.8) is 0 Å². The van der Waals surface area contributed by atoms with Gasteiger partial charge in [0.25, 0.3) is 3.57 Å². The predicted molar refractivity (Wildman–Crippen MR) is 89.2 cm³/mol. The Balaban J connectivity index is 2.27. The van der Waals surface area contributed by atoms with Gasteiger partial charge in [0.2, 0.25) is 0 Å². The number of hydrogen-bond acceptors (Lipinski definition) is 2. The van der Waals surface area contributed by atoms with E-state index in [1.807, 2.05) is 0 Å². The van der Waals surface area contributed by atoms with Crippen LogP contribution in [0.25, 0.3) is 0 Å². The minimum atomic E-state index is -0.477. The van der Waals surface area contributed by atoms with E-state index in [-0.39, 0.29) is 0 Å². The van der Waals surface area contributed by atoms with Crippen LogP contribution in [0.3, 0.4) is 0 Å². The molecule has 0 radical (unpaired) electrons. The van der Waals surface area contributed by atoms with Gasteiger partial charge in [0.1, 0.15) is 0 Å². The molecule has 1 heterocycles. The summed E-state index contributed by atoms with van der Waals surface area (Å²) in [6, 6.07) is 21.4. The molecule has 3 aromatic rings. The summed E-state index contributed by atoms with van der Waals surface area (Å²) >= 11 is 3.59. The van der Waals surface area contributed by atoms with Crippen LogP contribution < -0.4 is 10.6 Å². The zero-order chi connectivity index (χ0) is 13.8. The van der Waals surface area contributed by atoms with Crippen molar-refractivity contribution in [2.45, 2.75) is 6.90 Å². The van der Waals surface area contributed by atoms with E-state index in [0.29, 0.717) is 6.90 Å². The smallest absolute Gasteiger partial charge is 0.0875 e. The quantitative estimate of drug-likeness (QED) is 0.597. The maximum absolute atomic E-state index is 7.53. The molecule has 0 aliphatic carbocycles. The van der Waals surface area contributed by atoms with Crippen molar-refractivity contribution in [1.29, 1.82) is 0 Å². The average molecular weight is 302 g/mol. The summed E-state index contributed by atoms with van der Waals surface area (Å²) < 4.78 is 8.95. The molecule has 0 aliphatic heterocycles. The third-order valence-electron chi connectivity index (χ3n) is 2.72. The zero-order valence-electron chi connectivity index (χ0n) is 11.3. The van der Waals surface area contributed by atoms with Crippen molar-refractivity contribution in [2.75, 3.05) is 0 Å². The summed E-state index contributed by atoms with van der Waals surface area (Å²) in [4.78, 5) is 1.16. The van der Waals surface area contributed by atoms with Crippen LogP contribution in [-0.4, -0.2) is 0 Å². The lowest BCUT2D eigenvalue weighted by Gasteiger charge is -1.94. The van der Waals surface area contributed by atoms with Gasteiger partial charge >= 0.3 is 0 Å². The van der Waals surface area contributed by atoms with Gasteiger partial charge in [0, 0.05) is 11.6 Å². The molecule has 3 heteroatoms. The van der Waals surface area contributed by atoms with Gasteiger partial charge in [-0.25, -0.2) is 0 Å². The first-order valence-corrected chi connectivity index (χ1v) is 9.02. The molecular weight excluding hydrogens is 287 g/mol. The van der Waals surface area contributed by atoms with Crippen molar-refractivity contribution in [2.24, 2.45) is 0 Å². The number of benzene rings is 2. The number of aryl methyl sites for hydroxylation is 1. The van der Waals surface area contributed by atoms with E-state index in [4.69, 9.17) is 1.37 Å². The van der Waals surface area contributed by atoms with Crippen LogP contribution in [0, 0.1) is 10.5 Å². The van der Waals surface area contributed by atoms with Gasteiger partial charge in [-0.2, -0.15) is 0 Å². The summed E-state index contributed by atoms with van der Waals surface area (Å²) in [5.41, 5.74) is 0. The molecule has 0 spiro atoms. The van der Waals surface area contributed by atoms with Crippen molar-refractivity contribution >= 4 is 40.8 Å². The van der Waals surface area contributed by atoms with Crippen LogP contribution in [0.5, 0.6) is 0 Å². The van der Waals surface area contributed by atoms with E-state index < -0.39 is 7.55 Å². The van der Waals surface area contributed by atoms with Crippen LogP contribution in [0.4, 0.5) is 0 Å². The van der Waals surface area contributed by atoms with Gasteiger partial charge in [-0.1, -0.05) is 59.1 Å². The Bertz CT molecular complexity index is 703. The molecule has 0 atom stereocenters. The van der Waals surface area contributed by atoms with E-state index >= 15 is 0 Å². The Morgan fingerprint density at radius 2 is 1.47 bits per heavy atom. The molecule has 0 amide bonds. The minimum absolute atomic E-state index is 0.383. The Kier molecular flexibility index (Phi) is 3.56. The third kappa shape index (κ3) is 2.87. The molecule has 3 rings (SSSR count). The second-order valence-electron chi connectivity index (χ2n) is 4.08. The van der Waals surface area contributed by atoms with E-state index in [9.17, 15) is 0 Å². The van der Waals surface area contributed by atoms with Crippen LogP contribution in [0.1, 0.15) is 6.25 Å². The average Bonchev–Trinajstić information content (AvgIpc) is 2.98. The number of rotatable bonds is 2. The largest absolute Gasteiger partial charge is 0.262 e. The molecule has 0 saturated carbocycles. The monoisotopic (exact) mass is 302 g/mol. The molecule has 0 N–H and O–H groups in total. The first-order chi connectivity index (χ1) is 9.88. The van der Waals surface area contributed by atoms with Crippen LogP contribution in [0.2, 0.25) is 0 Å². The van der Waals surface area contributed by atoms with E-state index in [0.717, 1.165) is 4.88 Å². The molecule has 0 saturated heterocycles. The first kappa shape index (κ1) is 11.6. The van der Waals surface area contributed by atoms with Crippen molar-refractivity contribution in [1.82, 2.24) is 0 Å². The lowest BCUT2D eigenvalue weighted by atomic mass is 10.4. The molecular formula is C16H14PS2+. The van der Waals surface area contributed by atoms with Crippen LogP contribution >= 0.6 is 30.2 Å². The summed E-state index contributed by atoms with van der Waals surface area (Å²) in [5.74, 6) is 0. The summed E-state index contributed by atoms with van der Waals surface area (Å²) in [5, 5.41) is 4.89. The van der Waals surface area contributed by atoms with Gasteiger partial charge < -0.3 is 0 Å². The Hall–Kier alpha value is -1.21. The first-order valence-electron chi connectivity index (χ1n) is 6.69. The Labute approximate surface area is 123 Å². The highest BCUT2D eigenvalue weighted by Crippen LogP contribution is 2.32. The molecule has 94 valence electrons. The van der Waals surface area contributed by atoms with E-state index in [1.54, 1.807) is 22.7 Å². The fraction of sp³-hybridized carbons (Fsp3) is 0.0625. The van der Waals surface area contributed by atoms with Crippen molar-refractivity contribution in [3.05, 3.63) is 74.5 Å². The predicted octanol–water partition coefficient (Wildman–Crippen LogP) is 4.78. The van der Waals surface area contributed by atoms with Crippen molar-refractivity contribution < 1.29 is 1.37 Å². The second kappa shape index (κ2) is 5.83. The lowest BCUT2D eigenvalue weighted by molar-refractivity contribution is 1.67. The summed E-state index contributed by atoms with van der Waals surface area (Å²) in [6.07, 6.45) is 0. The normalized spacial score (nSPS) is 11.1. The van der Waals surface area contributed by atoms with Gasteiger partial charge in [-0.05, 0) is 31.2 Å². The van der Waals surface area contributed by atoms with Gasteiger partial charge in [-0.3, -0.25) is 0 Å². The molecule has 0 aliphatic rings. The van der Waals surface area contributed by atoms with Gasteiger partial charge in [0.05, 0.1) is 0 Å². The fourth-order valence-electron chi connectivity index (χ4n) is 1.89. The highest BCUT2D eigenvalue weighted by molar-refractivity contribution is 7.70. The molecule has 0 nitrogen and oxygen atoms in total. The fourth-order valence-corrected chi connectivity index (χ4v) is 7.56. The van der Waals surface area contributed by atoms with E-state index in [1.165, 1.54) is 14.2 Å². The lowest BCUT2D eigenvalue weighted by Crippen LogP contribution is -2.05.